The van der Waals surface area contributed by atoms with Crippen molar-refractivity contribution in [3.63, 3.8) is 0 Å². The molecule has 1 heterocycles. The van der Waals surface area contributed by atoms with E-state index in [2.05, 4.69) is 32.0 Å². The van der Waals surface area contributed by atoms with E-state index in [9.17, 15) is 0 Å². The van der Waals surface area contributed by atoms with Gasteiger partial charge in [0, 0.05) is 59.4 Å². The summed E-state index contributed by atoms with van der Waals surface area (Å²) in [7, 11) is 0. The van der Waals surface area contributed by atoms with Gasteiger partial charge in [-0.3, -0.25) is 4.99 Å². The number of nitrogens with zero attached hydrogens (tertiary/aromatic N) is 1. The van der Waals surface area contributed by atoms with Crippen molar-refractivity contribution in [2.24, 2.45) is 4.99 Å². The summed E-state index contributed by atoms with van der Waals surface area (Å²) in [6.45, 7) is 6.11. The van der Waals surface area contributed by atoms with Gasteiger partial charge in [-0.2, -0.15) is 0 Å². The van der Waals surface area contributed by atoms with Crippen LogP contribution in [0.15, 0.2) is 29.3 Å². The Labute approximate surface area is 142 Å². The van der Waals surface area contributed by atoms with E-state index in [1.54, 1.807) is 0 Å². The molecule has 0 aliphatic carbocycles. The van der Waals surface area contributed by atoms with Gasteiger partial charge in [0.2, 0.25) is 0 Å². The maximum absolute atomic E-state index is 5.40. The first-order valence-electron chi connectivity index (χ1n) is 5.91. The molecule has 0 bridgehead atoms. The second-order valence-corrected chi connectivity index (χ2v) is 4.18. The molecule has 0 aromatic heterocycles. The molecule has 100 valence electrons. The Morgan fingerprint density at radius 1 is 1.41 bits per heavy atom. The standard InChI is InChI=1S/C14H18NO.Yb/c1-3-12-6-4-5-7-14(12)15-13-8-9-16-11(2)10-13;/h4-7,9,11H,3,8,10H2,1-2H3;/q-1;. The average molecular weight is 389 g/mol. The van der Waals surface area contributed by atoms with Gasteiger partial charge < -0.3 is 4.74 Å². The van der Waals surface area contributed by atoms with E-state index in [0.29, 0.717) is 0 Å². The fourth-order valence-electron chi connectivity index (χ4n) is 1.95. The summed E-state index contributed by atoms with van der Waals surface area (Å²) in [6.07, 6.45) is 3.08. The molecule has 1 aromatic carbocycles. The van der Waals surface area contributed by atoms with E-state index in [0.717, 1.165) is 24.9 Å². The van der Waals surface area contributed by atoms with Crippen LogP contribution in [0.1, 0.15) is 32.3 Å². The van der Waals surface area contributed by atoms with Crippen molar-refractivity contribution in [1.82, 2.24) is 0 Å². The predicted octanol–water partition coefficient (Wildman–Crippen LogP) is 3.68. The predicted molar refractivity (Wildman–Crippen MR) is 67.0 cm³/mol. The van der Waals surface area contributed by atoms with E-state index >= 15 is 0 Å². The van der Waals surface area contributed by atoms with Crippen LogP contribution in [-0.4, -0.2) is 11.8 Å². The van der Waals surface area contributed by atoms with Crippen molar-refractivity contribution < 1.29 is 51.7 Å². The largest absolute Gasteiger partial charge is 0.549 e. The topological polar surface area (TPSA) is 21.6 Å². The number of ether oxygens (including phenoxy) is 1. The minimum absolute atomic E-state index is 0. The SMILES string of the molecule is CCc1ccccc1N=C1C[CH-]OC(C)C1.[Yb]. The minimum Gasteiger partial charge on any atom is -0.549 e. The van der Waals surface area contributed by atoms with Gasteiger partial charge in [-0.1, -0.05) is 25.1 Å². The fraction of sp³-hybridized carbons (Fsp3) is 0.429. The smallest absolute Gasteiger partial charge is 0.0659 e. The quantitative estimate of drug-likeness (QED) is 0.708. The number of aryl methyl sites for hydroxylation is 1. The van der Waals surface area contributed by atoms with Crippen LogP contribution in [0.5, 0.6) is 0 Å². The van der Waals surface area contributed by atoms with Gasteiger partial charge in [0.15, 0.2) is 0 Å². The van der Waals surface area contributed by atoms with Gasteiger partial charge in [0.25, 0.3) is 0 Å². The molecule has 1 saturated heterocycles. The van der Waals surface area contributed by atoms with Crippen molar-refractivity contribution in [1.29, 1.82) is 0 Å². The number of hydrogen-bond acceptors (Lipinski definition) is 2. The van der Waals surface area contributed by atoms with Crippen molar-refractivity contribution in [3.05, 3.63) is 36.4 Å². The van der Waals surface area contributed by atoms with Crippen LogP contribution in [0.25, 0.3) is 0 Å². The third-order valence-corrected chi connectivity index (χ3v) is 2.82. The summed E-state index contributed by atoms with van der Waals surface area (Å²) in [5.74, 6) is 0. The first-order chi connectivity index (χ1) is 7.79. The van der Waals surface area contributed by atoms with Crippen LogP contribution in [0.4, 0.5) is 5.69 Å². The van der Waals surface area contributed by atoms with Gasteiger partial charge in [0.1, 0.15) is 0 Å². The Morgan fingerprint density at radius 2 is 2.18 bits per heavy atom. The first kappa shape index (κ1) is 15.4. The Kier molecular flexibility index (Phi) is 7.01. The normalized spacial score (nSPS) is 22.2. The van der Waals surface area contributed by atoms with E-state index in [1.165, 1.54) is 11.3 Å². The molecule has 1 fully saturated rings. The number of para-hydroxylation sites is 1. The van der Waals surface area contributed by atoms with Crippen molar-refractivity contribution in [2.45, 2.75) is 39.2 Å². The van der Waals surface area contributed by atoms with E-state index < -0.39 is 0 Å². The molecule has 2 nitrogen and oxygen atoms in total. The number of benzene rings is 1. The average Bonchev–Trinajstić information content (AvgIpc) is 2.30. The minimum atomic E-state index is 0. The van der Waals surface area contributed by atoms with Crippen LogP contribution in [0, 0.1) is 53.5 Å². The summed E-state index contributed by atoms with van der Waals surface area (Å²) < 4.78 is 5.40. The molecule has 0 radical (unpaired) electrons. The zero-order valence-corrected chi connectivity index (χ0v) is 11.9. The summed E-state index contributed by atoms with van der Waals surface area (Å²) in [5.41, 5.74) is 3.65. The zero-order valence-electron chi connectivity index (χ0n) is 10.2. The fourth-order valence-corrected chi connectivity index (χ4v) is 1.95. The second-order valence-electron chi connectivity index (χ2n) is 4.18. The van der Waals surface area contributed by atoms with Crippen LogP contribution in [-0.2, 0) is 11.2 Å². The van der Waals surface area contributed by atoms with Gasteiger partial charge in [-0.05, 0) is 30.7 Å². The zero-order chi connectivity index (χ0) is 11.4. The molecule has 0 saturated carbocycles. The molecular formula is C14H18NOYb-. The molecule has 1 aliphatic rings. The van der Waals surface area contributed by atoms with Crippen molar-refractivity contribution in [3.8, 4) is 0 Å². The Morgan fingerprint density at radius 3 is 2.88 bits per heavy atom. The van der Waals surface area contributed by atoms with E-state index in [-0.39, 0.29) is 53.0 Å². The summed E-state index contributed by atoms with van der Waals surface area (Å²) in [5, 5.41) is 0. The van der Waals surface area contributed by atoms with Crippen LogP contribution >= 0.6 is 0 Å². The summed E-state index contributed by atoms with van der Waals surface area (Å²) in [6, 6.07) is 8.35. The molecule has 17 heavy (non-hydrogen) atoms. The molecular weight excluding hydrogens is 371 g/mol. The van der Waals surface area contributed by atoms with E-state index in [1.807, 2.05) is 12.7 Å². The third kappa shape index (κ3) is 4.51. The number of hydrogen-bond donors (Lipinski definition) is 0. The van der Waals surface area contributed by atoms with Crippen LogP contribution in [0.2, 0.25) is 0 Å². The maximum Gasteiger partial charge on any atom is 0.0659 e. The molecule has 3 heteroatoms. The Balaban J connectivity index is 0.00000144. The Hall–Kier alpha value is 0.369. The van der Waals surface area contributed by atoms with Gasteiger partial charge >= 0.3 is 0 Å². The Bertz CT molecular complexity index is 390. The molecule has 0 spiro atoms. The van der Waals surface area contributed by atoms with Gasteiger partial charge in [-0.15, -0.1) is 6.42 Å². The number of rotatable bonds is 2. The second kappa shape index (κ2) is 7.73. The molecule has 1 atom stereocenters. The molecule has 1 aliphatic heterocycles. The maximum atomic E-state index is 5.40. The van der Waals surface area contributed by atoms with Gasteiger partial charge in [0.05, 0.1) is 5.69 Å². The monoisotopic (exact) mass is 390 g/mol. The van der Waals surface area contributed by atoms with Crippen LogP contribution in [0.3, 0.4) is 0 Å². The third-order valence-electron chi connectivity index (χ3n) is 2.82. The first-order valence-corrected chi connectivity index (χ1v) is 5.91. The molecule has 1 aromatic rings. The molecule has 0 amide bonds. The van der Waals surface area contributed by atoms with Crippen molar-refractivity contribution in [2.75, 3.05) is 0 Å². The molecule has 2 rings (SSSR count). The molecule has 1 unspecified atom stereocenters. The van der Waals surface area contributed by atoms with Gasteiger partial charge in [-0.25, -0.2) is 6.61 Å². The van der Waals surface area contributed by atoms with Crippen LogP contribution < -0.4 is 0 Å². The number of aliphatic imine (C=N–C) groups is 1. The summed E-state index contributed by atoms with van der Waals surface area (Å²) >= 11 is 0. The van der Waals surface area contributed by atoms with E-state index in [4.69, 9.17) is 9.73 Å². The molecule has 0 N–H and O–H groups in total. The van der Waals surface area contributed by atoms with Crippen molar-refractivity contribution >= 4 is 11.4 Å². The summed E-state index contributed by atoms with van der Waals surface area (Å²) in [4.78, 5) is 4.74.